The smallest absolute Gasteiger partial charge is 0.101 e. The Balaban J connectivity index is 2.23. The quantitative estimate of drug-likeness (QED) is 0.738. The molecule has 17 heavy (non-hydrogen) atoms. The predicted molar refractivity (Wildman–Crippen MR) is 69.9 cm³/mol. The van der Waals surface area contributed by atoms with Gasteiger partial charge in [0.05, 0.1) is 11.3 Å². The second kappa shape index (κ2) is 4.64. The Morgan fingerprint density at radius 2 is 2.18 bits per heavy atom. The van der Waals surface area contributed by atoms with Crippen LogP contribution in [0.2, 0.25) is 0 Å². The highest BCUT2D eigenvalue weighted by atomic mass is 15.3. The van der Waals surface area contributed by atoms with Gasteiger partial charge in [-0.25, -0.2) is 0 Å². The lowest BCUT2D eigenvalue weighted by Gasteiger charge is -2.39. The molecule has 1 fully saturated rings. The maximum atomic E-state index is 8.86. The lowest BCUT2D eigenvalue weighted by atomic mass is 10.1. The van der Waals surface area contributed by atoms with E-state index in [-0.39, 0.29) is 0 Å². The van der Waals surface area contributed by atoms with E-state index in [4.69, 9.17) is 11.0 Å². The standard InChI is InChI=1S/C13H18N4/c1-10-9-16(2)5-6-17(10)12-4-3-11(8-14)13(15)7-12/h3-4,7,10H,5-6,9,15H2,1-2H3. The summed E-state index contributed by atoms with van der Waals surface area (Å²) >= 11 is 0. The summed E-state index contributed by atoms with van der Waals surface area (Å²) in [5, 5.41) is 8.86. The van der Waals surface area contributed by atoms with E-state index in [1.54, 1.807) is 6.07 Å². The highest BCUT2D eigenvalue weighted by molar-refractivity contribution is 5.64. The number of nitrogens with zero attached hydrogens (tertiary/aromatic N) is 3. The number of nitrogens with two attached hydrogens (primary N) is 1. The van der Waals surface area contributed by atoms with Crippen molar-refractivity contribution in [2.45, 2.75) is 13.0 Å². The zero-order chi connectivity index (χ0) is 12.4. The van der Waals surface area contributed by atoms with E-state index >= 15 is 0 Å². The third kappa shape index (κ3) is 2.34. The molecule has 0 aromatic heterocycles. The number of hydrogen-bond donors (Lipinski definition) is 1. The number of likely N-dealkylation sites (N-methyl/N-ethyl adjacent to an activating group) is 1. The number of hydrogen-bond acceptors (Lipinski definition) is 4. The lowest BCUT2D eigenvalue weighted by Crippen LogP contribution is -2.50. The summed E-state index contributed by atoms with van der Waals surface area (Å²) in [5.41, 5.74) is 8.08. The SMILES string of the molecule is CC1CN(C)CCN1c1ccc(C#N)c(N)c1. The summed E-state index contributed by atoms with van der Waals surface area (Å²) in [6.45, 7) is 5.33. The molecule has 1 aliphatic rings. The van der Waals surface area contributed by atoms with Gasteiger partial charge in [-0.15, -0.1) is 0 Å². The Kier molecular flexibility index (Phi) is 3.21. The van der Waals surface area contributed by atoms with Crippen LogP contribution in [0.4, 0.5) is 11.4 Å². The fourth-order valence-corrected chi connectivity index (χ4v) is 2.35. The van der Waals surface area contributed by atoms with Crippen molar-refractivity contribution in [1.29, 1.82) is 5.26 Å². The van der Waals surface area contributed by atoms with Gasteiger partial charge in [0.25, 0.3) is 0 Å². The lowest BCUT2D eigenvalue weighted by molar-refractivity contribution is 0.275. The van der Waals surface area contributed by atoms with E-state index < -0.39 is 0 Å². The minimum absolute atomic E-state index is 0.473. The molecule has 0 amide bonds. The summed E-state index contributed by atoms with van der Waals surface area (Å²) in [4.78, 5) is 4.67. The predicted octanol–water partition coefficient (Wildman–Crippen LogP) is 1.28. The maximum Gasteiger partial charge on any atom is 0.101 e. The molecule has 1 saturated heterocycles. The number of nitrogen functional groups attached to an aromatic ring is 1. The third-order valence-electron chi connectivity index (χ3n) is 3.32. The Bertz CT molecular complexity index is 449. The zero-order valence-corrected chi connectivity index (χ0v) is 10.3. The van der Waals surface area contributed by atoms with Crippen molar-refractivity contribution in [1.82, 2.24) is 4.90 Å². The van der Waals surface area contributed by atoms with E-state index in [2.05, 4.69) is 29.8 Å². The molecule has 1 aliphatic heterocycles. The molecule has 1 unspecified atom stereocenters. The average molecular weight is 230 g/mol. The topological polar surface area (TPSA) is 56.3 Å². The first-order valence-corrected chi connectivity index (χ1v) is 5.86. The molecule has 0 spiro atoms. The Hall–Kier alpha value is -1.73. The largest absolute Gasteiger partial charge is 0.398 e. The van der Waals surface area contributed by atoms with Crippen molar-refractivity contribution in [2.24, 2.45) is 0 Å². The molecule has 1 aromatic rings. The number of anilines is 2. The van der Waals surface area contributed by atoms with E-state index in [0.717, 1.165) is 25.3 Å². The van der Waals surface area contributed by atoms with E-state index in [0.29, 0.717) is 17.3 Å². The first kappa shape index (κ1) is 11.7. The van der Waals surface area contributed by atoms with Crippen molar-refractivity contribution in [3.8, 4) is 6.07 Å². The van der Waals surface area contributed by atoms with Gasteiger partial charge in [0.15, 0.2) is 0 Å². The normalized spacial score (nSPS) is 21.2. The highest BCUT2D eigenvalue weighted by Gasteiger charge is 2.21. The summed E-state index contributed by atoms with van der Waals surface area (Å²) in [5.74, 6) is 0. The van der Waals surface area contributed by atoms with Gasteiger partial charge in [0.1, 0.15) is 6.07 Å². The molecule has 4 heteroatoms. The number of benzene rings is 1. The Morgan fingerprint density at radius 3 is 2.76 bits per heavy atom. The second-order valence-electron chi connectivity index (χ2n) is 4.69. The van der Waals surface area contributed by atoms with Gasteiger partial charge in [-0.05, 0) is 32.2 Å². The van der Waals surface area contributed by atoms with Crippen molar-refractivity contribution in [2.75, 3.05) is 37.3 Å². The molecule has 0 bridgehead atoms. The molecular formula is C13H18N4. The first-order chi connectivity index (χ1) is 8.11. The molecule has 0 saturated carbocycles. The number of piperazine rings is 1. The van der Waals surface area contributed by atoms with Gasteiger partial charge < -0.3 is 15.5 Å². The van der Waals surface area contributed by atoms with Crippen LogP contribution in [0.1, 0.15) is 12.5 Å². The van der Waals surface area contributed by atoms with Crippen LogP contribution in [0.5, 0.6) is 0 Å². The van der Waals surface area contributed by atoms with Crippen LogP contribution in [0.3, 0.4) is 0 Å². The van der Waals surface area contributed by atoms with Crippen LogP contribution in [0, 0.1) is 11.3 Å². The average Bonchev–Trinajstić information content (AvgIpc) is 2.29. The van der Waals surface area contributed by atoms with Gasteiger partial charge in [0, 0.05) is 31.4 Å². The molecule has 0 radical (unpaired) electrons. The molecule has 0 aliphatic carbocycles. The van der Waals surface area contributed by atoms with E-state index in [1.807, 2.05) is 12.1 Å². The Labute approximate surface area is 102 Å². The second-order valence-corrected chi connectivity index (χ2v) is 4.69. The van der Waals surface area contributed by atoms with E-state index in [1.165, 1.54) is 0 Å². The molecule has 1 heterocycles. The van der Waals surface area contributed by atoms with Crippen LogP contribution >= 0.6 is 0 Å². The molecule has 1 atom stereocenters. The van der Waals surface area contributed by atoms with Crippen LogP contribution in [-0.4, -0.2) is 37.6 Å². The zero-order valence-electron chi connectivity index (χ0n) is 10.3. The minimum atomic E-state index is 0.473. The molecule has 1 aromatic carbocycles. The summed E-state index contributed by atoms with van der Waals surface area (Å²) in [7, 11) is 2.14. The van der Waals surface area contributed by atoms with E-state index in [9.17, 15) is 0 Å². The van der Waals surface area contributed by atoms with Crippen molar-refractivity contribution >= 4 is 11.4 Å². The monoisotopic (exact) mass is 230 g/mol. The van der Waals surface area contributed by atoms with Crippen LogP contribution in [-0.2, 0) is 0 Å². The maximum absolute atomic E-state index is 8.86. The Morgan fingerprint density at radius 1 is 1.41 bits per heavy atom. The van der Waals surface area contributed by atoms with Crippen LogP contribution in [0.25, 0.3) is 0 Å². The summed E-state index contributed by atoms with van der Waals surface area (Å²) in [6, 6.07) is 8.25. The third-order valence-corrected chi connectivity index (χ3v) is 3.32. The minimum Gasteiger partial charge on any atom is -0.398 e. The summed E-state index contributed by atoms with van der Waals surface area (Å²) in [6.07, 6.45) is 0. The van der Waals surface area contributed by atoms with Gasteiger partial charge >= 0.3 is 0 Å². The fourth-order valence-electron chi connectivity index (χ4n) is 2.35. The van der Waals surface area contributed by atoms with Crippen molar-refractivity contribution in [3.05, 3.63) is 23.8 Å². The molecule has 90 valence electrons. The fraction of sp³-hybridized carbons (Fsp3) is 0.462. The van der Waals surface area contributed by atoms with Crippen LogP contribution in [0.15, 0.2) is 18.2 Å². The highest BCUT2D eigenvalue weighted by Crippen LogP contribution is 2.24. The van der Waals surface area contributed by atoms with Crippen LogP contribution < -0.4 is 10.6 Å². The molecular weight excluding hydrogens is 212 g/mol. The molecule has 2 rings (SSSR count). The molecule has 2 N–H and O–H groups in total. The van der Waals surface area contributed by atoms with Gasteiger partial charge in [0.2, 0.25) is 0 Å². The number of nitriles is 1. The molecule has 4 nitrogen and oxygen atoms in total. The first-order valence-electron chi connectivity index (χ1n) is 5.86. The van der Waals surface area contributed by atoms with Gasteiger partial charge in [-0.3, -0.25) is 0 Å². The summed E-state index contributed by atoms with van der Waals surface area (Å²) < 4.78 is 0. The van der Waals surface area contributed by atoms with Crippen molar-refractivity contribution < 1.29 is 0 Å². The van der Waals surface area contributed by atoms with Gasteiger partial charge in [-0.1, -0.05) is 0 Å². The number of rotatable bonds is 1. The van der Waals surface area contributed by atoms with Gasteiger partial charge in [-0.2, -0.15) is 5.26 Å². The van der Waals surface area contributed by atoms with Crippen molar-refractivity contribution in [3.63, 3.8) is 0 Å².